The molecule has 0 saturated carbocycles. The van der Waals surface area contributed by atoms with Gasteiger partial charge in [-0.3, -0.25) is 4.79 Å². The van der Waals surface area contributed by atoms with Crippen molar-refractivity contribution >= 4 is 28.2 Å². The van der Waals surface area contributed by atoms with Gasteiger partial charge in [0.1, 0.15) is 5.00 Å². The number of esters is 1. The van der Waals surface area contributed by atoms with E-state index in [9.17, 15) is 9.59 Å². The molecule has 0 bridgehead atoms. The number of hydrogen-bond acceptors (Lipinski definition) is 5. The van der Waals surface area contributed by atoms with Crippen LogP contribution in [0, 0.1) is 0 Å². The van der Waals surface area contributed by atoms with Gasteiger partial charge in [-0.05, 0) is 51.3 Å². The Hall–Kier alpha value is -1.40. The molecule has 6 heteroatoms. The van der Waals surface area contributed by atoms with Gasteiger partial charge in [-0.2, -0.15) is 0 Å². The normalized spacial score (nSPS) is 13.6. The number of hydrogen-bond donors (Lipinski definition) is 2. The van der Waals surface area contributed by atoms with Crippen LogP contribution in [0.3, 0.4) is 0 Å². The van der Waals surface area contributed by atoms with Crippen LogP contribution in [0.2, 0.25) is 0 Å². The Morgan fingerprint density at radius 1 is 1.29 bits per heavy atom. The van der Waals surface area contributed by atoms with Crippen LogP contribution in [0.1, 0.15) is 46.5 Å². The molecule has 0 fully saturated rings. The number of rotatable bonds is 6. The maximum absolute atomic E-state index is 12.0. The molecule has 116 valence electrons. The SMILES string of the molecule is CNCCCC(=O)Nc1sc2c(c1C(=O)OC)CCCC2. The highest BCUT2D eigenvalue weighted by Gasteiger charge is 2.26. The molecule has 0 spiro atoms. The Balaban J connectivity index is 2.16. The lowest BCUT2D eigenvalue weighted by atomic mass is 9.95. The van der Waals surface area contributed by atoms with E-state index < -0.39 is 0 Å². The van der Waals surface area contributed by atoms with Gasteiger partial charge in [0.2, 0.25) is 5.91 Å². The van der Waals surface area contributed by atoms with Crippen LogP contribution in [0.15, 0.2) is 0 Å². The predicted octanol–water partition coefficient (Wildman–Crippen LogP) is 2.35. The van der Waals surface area contributed by atoms with Crippen LogP contribution in [0.4, 0.5) is 5.00 Å². The van der Waals surface area contributed by atoms with Crippen LogP contribution in [0.5, 0.6) is 0 Å². The molecule has 1 amide bonds. The first-order chi connectivity index (χ1) is 10.2. The topological polar surface area (TPSA) is 67.4 Å². The van der Waals surface area contributed by atoms with Crippen LogP contribution in [-0.4, -0.2) is 32.6 Å². The third-order valence-corrected chi connectivity index (χ3v) is 4.85. The zero-order valence-electron chi connectivity index (χ0n) is 12.6. The standard InChI is InChI=1S/C15H22N2O3S/c1-16-9-5-8-12(18)17-14-13(15(19)20-2)10-6-3-4-7-11(10)21-14/h16H,3-9H2,1-2H3,(H,17,18). The second kappa shape index (κ2) is 7.56. The number of carbonyl (C=O) groups excluding carboxylic acids is 2. The first kappa shape index (κ1) is 16.0. The van der Waals surface area contributed by atoms with Gasteiger partial charge in [-0.1, -0.05) is 0 Å². The van der Waals surface area contributed by atoms with E-state index in [1.54, 1.807) is 0 Å². The van der Waals surface area contributed by atoms with E-state index in [1.807, 2.05) is 7.05 Å². The third kappa shape index (κ3) is 3.83. The monoisotopic (exact) mass is 310 g/mol. The number of aryl methyl sites for hydroxylation is 1. The first-order valence-electron chi connectivity index (χ1n) is 7.34. The number of fused-ring (bicyclic) bond motifs is 1. The Morgan fingerprint density at radius 2 is 2.05 bits per heavy atom. The smallest absolute Gasteiger partial charge is 0.341 e. The minimum atomic E-state index is -0.347. The van der Waals surface area contributed by atoms with E-state index in [1.165, 1.54) is 23.3 Å². The van der Waals surface area contributed by atoms with Gasteiger partial charge in [-0.15, -0.1) is 11.3 Å². The number of amides is 1. The van der Waals surface area contributed by atoms with Crippen molar-refractivity contribution < 1.29 is 14.3 Å². The molecule has 0 atom stereocenters. The molecule has 2 N–H and O–H groups in total. The molecule has 0 aliphatic heterocycles. The van der Waals surface area contributed by atoms with Gasteiger partial charge in [0.05, 0.1) is 12.7 Å². The highest BCUT2D eigenvalue weighted by Crippen LogP contribution is 2.38. The summed E-state index contributed by atoms with van der Waals surface area (Å²) in [7, 11) is 3.24. The first-order valence-corrected chi connectivity index (χ1v) is 8.16. The molecule has 1 aliphatic rings. The van der Waals surface area contributed by atoms with E-state index in [0.29, 0.717) is 17.0 Å². The van der Waals surface area contributed by atoms with Gasteiger partial charge in [0, 0.05) is 11.3 Å². The summed E-state index contributed by atoms with van der Waals surface area (Å²) < 4.78 is 4.89. The Kier molecular flexibility index (Phi) is 5.76. The molecule has 21 heavy (non-hydrogen) atoms. The summed E-state index contributed by atoms with van der Waals surface area (Å²) in [4.78, 5) is 25.2. The lowest BCUT2D eigenvalue weighted by Crippen LogP contribution is -2.16. The number of nitrogens with one attached hydrogen (secondary N) is 2. The maximum Gasteiger partial charge on any atom is 0.341 e. The van der Waals surface area contributed by atoms with Crippen LogP contribution < -0.4 is 10.6 Å². The van der Waals surface area contributed by atoms with E-state index in [0.717, 1.165) is 44.2 Å². The van der Waals surface area contributed by atoms with Gasteiger partial charge in [-0.25, -0.2) is 4.79 Å². The van der Waals surface area contributed by atoms with Crippen molar-refractivity contribution in [3.8, 4) is 0 Å². The van der Waals surface area contributed by atoms with Crippen molar-refractivity contribution in [3.05, 3.63) is 16.0 Å². The Bertz CT molecular complexity index is 525. The summed E-state index contributed by atoms with van der Waals surface area (Å²) in [6.07, 6.45) is 5.34. The van der Waals surface area contributed by atoms with E-state index >= 15 is 0 Å². The van der Waals surface area contributed by atoms with E-state index in [-0.39, 0.29) is 11.9 Å². The van der Waals surface area contributed by atoms with Gasteiger partial charge >= 0.3 is 5.97 Å². The van der Waals surface area contributed by atoms with Crippen LogP contribution in [-0.2, 0) is 22.4 Å². The molecular formula is C15H22N2O3S. The van der Waals surface area contributed by atoms with Crippen molar-refractivity contribution in [1.82, 2.24) is 5.32 Å². The van der Waals surface area contributed by atoms with Crippen molar-refractivity contribution in [2.24, 2.45) is 0 Å². The van der Waals surface area contributed by atoms with E-state index in [4.69, 9.17) is 4.74 Å². The molecule has 0 saturated heterocycles. The molecule has 0 aromatic carbocycles. The van der Waals surface area contributed by atoms with Gasteiger partial charge in [0.25, 0.3) is 0 Å². The second-order valence-electron chi connectivity index (χ2n) is 5.16. The van der Waals surface area contributed by atoms with Crippen molar-refractivity contribution in [2.45, 2.75) is 38.5 Å². The Morgan fingerprint density at radius 3 is 2.76 bits per heavy atom. The number of methoxy groups -OCH3 is 1. The average molecular weight is 310 g/mol. The molecule has 2 rings (SSSR count). The zero-order valence-corrected chi connectivity index (χ0v) is 13.4. The molecule has 0 radical (unpaired) electrons. The van der Waals surface area contributed by atoms with Crippen molar-refractivity contribution in [1.29, 1.82) is 0 Å². The summed E-state index contributed by atoms with van der Waals surface area (Å²) in [5, 5.41) is 6.56. The summed E-state index contributed by atoms with van der Waals surface area (Å²) in [5.41, 5.74) is 1.64. The molecular weight excluding hydrogens is 288 g/mol. The van der Waals surface area contributed by atoms with Crippen LogP contribution >= 0.6 is 11.3 Å². The summed E-state index contributed by atoms with van der Waals surface area (Å²) in [6.45, 7) is 0.804. The maximum atomic E-state index is 12.0. The quantitative estimate of drug-likeness (QED) is 0.625. The molecule has 1 aromatic heterocycles. The zero-order chi connectivity index (χ0) is 15.2. The molecule has 0 unspecified atom stereocenters. The molecule has 1 aromatic rings. The highest BCUT2D eigenvalue weighted by molar-refractivity contribution is 7.17. The summed E-state index contributed by atoms with van der Waals surface area (Å²) >= 11 is 1.52. The molecule has 5 nitrogen and oxygen atoms in total. The minimum absolute atomic E-state index is 0.0472. The van der Waals surface area contributed by atoms with Crippen molar-refractivity contribution in [2.75, 3.05) is 26.0 Å². The van der Waals surface area contributed by atoms with Crippen molar-refractivity contribution in [3.63, 3.8) is 0 Å². The van der Waals surface area contributed by atoms with E-state index in [2.05, 4.69) is 10.6 Å². The fourth-order valence-corrected chi connectivity index (χ4v) is 3.88. The van der Waals surface area contributed by atoms with Crippen LogP contribution in [0.25, 0.3) is 0 Å². The fraction of sp³-hybridized carbons (Fsp3) is 0.600. The highest BCUT2D eigenvalue weighted by atomic mass is 32.1. The Labute approximate surface area is 129 Å². The lowest BCUT2D eigenvalue weighted by molar-refractivity contribution is -0.116. The van der Waals surface area contributed by atoms with Gasteiger partial charge < -0.3 is 15.4 Å². The average Bonchev–Trinajstić information content (AvgIpc) is 2.84. The molecule has 1 heterocycles. The summed E-state index contributed by atoms with van der Waals surface area (Å²) in [5.74, 6) is -0.395. The largest absolute Gasteiger partial charge is 0.465 e. The third-order valence-electron chi connectivity index (χ3n) is 3.64. The number of anilines is 1. The lowest BCUT2D eigenvalue weighted by Gasteiger charge is -2.11. The second-order valence-corrected chi connectivity index (χ2v) is 6.27. The predicted molar refractivity (Wildman–Crippen MR) is 84.1 cm³/mol. The minimum Gasteiger partial charge on any atom is -0.465 e. The molecule has 1 aliphatic carbocycles. The fourth-order valence-electron chi connectivity index (χ4n) is 2.59. The number of carbonyl (C=O) groups is 2. The number of ether oxygens (including phenoxy) is 1. The number of thiophene rings is 1. The van der Waals surface area contributed by atoms with Gasteiger partial charge in [0.15, 0.2) is 0 Å². The summed E-state index contributed by atoms with van der Waals surface area (Å²) in [6, 6.07) is 0.